The summed E-state index contributed by atoms with van der Waals surface area (Å²) in [7, 11) is 0. The number of likely N-dealkylation sites (tertiary alicyclic amines) is 1. The summed E-state index contributed by atoms with van der Waals surface area (Å²) in [6, 6.07) is 2.83. The van der Waals surface area contributed by atoms with E-state index in [0.29, 0.717) is 44.3 Å². The molecule has 8 heteroatoms. The van der Waals surface area contributed by atoms with Gasteiger partial charge in [-0.3, -0.25) is 19.4 Å². The van der Waals surface area contributed by atoms with Crippen LogP contribution in [0.3, 0.4) is 0 Å². The van der Waals surface area contributed by atoms with Crippen molar-refractivity contribution < 1.29 is 23.6 Å². The molecule has 0 aromatic carbocycles. The highest BCUT2D eigenvalue weighted by atomic mass is 19.1. The lowest BCUT2D eigenvalue weighted by atomic mass is 9.91. The van der Waals surface area contributed by atoms with Crippen LogP contribution in [0.15, 0.2) is 18.3 Å². The number of carbonyl (C=O) groups is 2. The molecule has 0 N–H and O–H groups in total. The summed E-state index contributed by atoms with van der Waals surface area (Å²) in [6.45, 7) is 2.31. The van der Waals surface area contributed by atoms with Gasteiger partial charge < -0.3 is 9.64 Å². The van der Waals surface area contributed by atoms with Crippen LogP contribution < -0.4 is 0 Å². The Hall–Kier alpha value is -2.06. The molecule has 4 heterocycles. The van der Waals surface area contributed by atoms with Gasteiger partial charge in [0.15, 0.2) is 0 Å². The maximum absolute atomic E-state index is 12.9. The predicted molar refractivity (Wildman–Crippen MR) is 88.1 cm³/mol. The highest BCUT2D eigenvalue weighted by Gasteiger charge is 2.44. The van der Waals surface area contributed by atoms with Crippen molar-refractivity contribution in [3.63, 3.8) is 0 Å². The first-order valence-electron chi connectivity index (χ1n) is 9.08. The average molecular weight is 363 g/mol. The van der Waals surface area contributed by atoms with Gasteiger partial charge in [-0.1, -0.05) is 0 Å². The Morgan fingerprint density at radius 3 is 2.92 bits per heavy atom. The molecule has 0 radical (unpaired) electrons. The number of pyridine rings is 1. The SMILES string of the molecule is O=C(Cc1ccc(F)cn1)N1CC[C@H]2C[C@H](C(=O)N3CCCO3)O[C@@H]2C1. The van der Waals surface area contributed by atoms with Gasteiger partial charge in [0.1, 0.15) is 11.9 Å². The number of hydrogen-bond acceptors (Lipinski definition) is 5. The fourth-order valence-corrected chi connectivity index (χ4v) is 3.88. The number of nitrogens with zero attached hydrogens (tertiary/aromatic N) is 3. The number of fused-ring (bicyclic) bond motifs is 1. The molecular weight excluding hydrogens is 341 g/mol. The molecule has 3 aliphatic rings. The molecule has 3 atom stereocenters. The minimum atomic E-state index is -0.475. The molecule has 1 aromatic heterocycles. The van der Waals surface area contributed by atoms with Gasteiger partial charge in [0.25, 0.3) is 5.91 Å². The highest BCUT2D eigenvalue weighted by Crippen LogP contribution is 2.34. The number of hydrogen-bond donors (Lipinski definition) is 0. The van der Waals surface area contributed by atoms with Gasteiger partial charge in [-0.2, -0.15) is 0 Å². The number of aromatic nitrogens is 1. The van der Waals surface area contributed by atoms with Crippen molar-refractivity contribution in [3.05, 3.63) is 29.8 Å². The second kappa shape index (κ2) is 7.28. The van der Waals surface area contributed by atoms with E-state index in [1.165, 1.54) is 17.2 Å². The molecule has 4 rings (SSSR count). The summed E-state index contributed by atoms with van der Waals surface area (Å²) in [6.07, 6.45) is 3.02. The first-order chi connectivity index (χ1) is 12.6. The van der Waals surface area contributed by atoms with E-state index in [2.05, 4.69) is 4.98 Å². The molecule has 140 valence electrons. The summed E-state index contributed by atoms with van der Waals surface area (Å²) in [5, 5.41) is 1.41. The van der Waals surface area contributed by atoms with Gasteiger partial charge in [0, 0.05) is 18.8 Å². The summed E-state index contributed by atoms with van der Waals surface area (Å²) in [5.41, 5.74) is 0.546. The minimum absolute atomic E-state index is 0.0520. The Morgan fingerprint density at radius 2 is 2.19 bits per heavy atom. The molecule has 0 saturated carbocycles. The van der Waals surface area contributed by atoms with E-state index in [4.69, 9.17) is 9.57 Å². The summed E-state index contributed by atoms with van der Waals surface area (Å²) in [5.74, 6) is -0.285. The van der Waals surface area contributed by atoms with Gasteiger partial charge in [0.05, 0.1) is 31.9 Å². The number of ether oxygens (including phenoxy) is 1. The zero-order valence-electron chi connectivity index (χ0n) is 14.5. The van der Waals surface area contributed by atoms with Gasteiger partial charge in [-0.15, -0.1) is 0 Å². The van der Waals surface area contributed by atoms with Crippen molar-refractivity contribution in [1.29, 1.82) is 0 Å². The molecule has 1 aromatic rings. The molecule has 7 nitrogen and oxygen atoms in total. The number of rotatable bonds is 3. The van der Waals surface area contributed by atoms with Crippen molar-refractivity contribution in [1.82, 2.24) is 14.9 Å². The smallest absolute Gasteiger partial charge is 0.275 e. The van der Waals surface area contributed by atoms with E-state index in [0.717, 1.165) is 19.0 Å². The maximum Gasteiger partial charge on any atom is 0.275 e. The van der Waals surface area contributed by atoms with Crippen molar-refractivity contribution in [2.75, 3.05) is 26.2 Å². The molecule has 3 fully saturated rings. The Labute approximate surface area is 151 Å². The Balaban J connectivity index is 1.33. The molecule has 0 aliphatic carbocycles. The van der Waals surface area contributed by atoms with Crippen molar-refractivity contribution in [3.8, 4) is 0 Å². The van der Waals surface area contributed by atoms with E-state index in [1.807, 2.05) is 0 Å². The predicted octanol–water partition coefficient (Wildman–Crippen LogP) is 0.933. The van der Waals surface area contributed by atoms with Crippen LogP contribution in [0.1, 0.15) is 25.0 Å². The van der Waals surface area contributed by atoms with E-state index in [1.54, 1.807) is 4.90 Å². The number of piperidine rings is 1. The third-order valence-corrected chi connectivity index (χ3v) is 5.30. The maximum atomic E-state index is 12.9. The van der Waals surface area contributed by atoms with Crippen LogP contribution in [-0.2, 0) is 25.6 Å². The lowest BCUT2D eigenvalue weighted by molar-refractivity contribution is -0.180. The second-order valence-electron chi connectivity index (χ2n) is 7.06. The topological polar surface area (TPSA) is 72.0 Å². The molecule has 3 saturated heterocycles. The zero-order chi connectivity index (χ0) is 18.1. The molecule has 0 unspecified atom stereocenters. The third kappa shape index (κ3) is 3.57. The number of hydroxylamine groups is 2. The van der Waals surface area contributed by atoms with Crippen LogP contribution in [0.2, 0.25) is 0 Å². The van der Waals surface area contributed by atoms with E-state index < -0.39 is 11.9 Å². The summed E-state index contributed by atoms with van der Waals surface area (Å²) >= 11 is 0. The van der Waals surface area contributed by atoms with Crippen molar-refractivity contribution in [2.24, 2.45) is 5.92 Å². The molecule has 26 heavy (non-hydrogen) atoms. The second-order valence-corrected chi connectivity index (χ2v) is 7.06. The Morgan fingerprint density at radius 1 is 1.31 bits per heavy atom. The van der Waals surface area contributed by atoms with E-state index >= 15 is 0 Å². The number of amides is 2. The number of halogens is 1. The first kappa shape index (κ1) is 17.4. The van der Waals surface area contributed by atoms with Gasteiger partial charge in [0.2, 0.25) is 5.91 Å². The van der Waals surface area contributed by atoms with E-state index in [9.17, 15) is 14.0 Å². The minimum Gasteiger partial charge on any atom is -0.363 e. The quantitative estimate of drug-likeness (QED) is 0.799. The fourth-order valence-electron chi connectivity index (χ4n) is 3.88. The molecular formula is C18H22FN3O4. The lowest BCUT2D eigenvalue weighted by Gasteiger charge is -2.34. The van der Waals surface area contributed by atoms with Gasteiger partial charge in [-0.05, 0) is 37.3 Å². The van der Waals surface area contributed by atoms with Crippen LogP contribution in [-0.4, -0.2) is 65.2 Å². The van der Waals surface area contributed by atoms with Crippen LogP contribution in [0.25, 0.3) is 0 Å². The highest BCUT2D eigenvalue weighted by molar-refractivity contribution is 5.81. The first-order valence-corrected chi connectivity index (χ1v) is 9.08. The molecule has 0 spiro atoms. The van der Waals surface area contributed by atoms with Crippen LogP contribution in [0, 0.1) is 11.7 Å². The van der Waals surface area contributed by atoms with Gasteiger partial charge in [-0.25, -0.2) is 9.45 Å². The molecule has 3 aliphatic heterocycles. The Kier molecular flexibility index (Phi) is 4.86. The Bertz CT molecular complexity index is 678. The van der Waals surface area contributed by atoms with E-state index in [-0.39, 0.29) is 24.3 Å². The standard InChI is InChI=1S/C18H22FN3O4/c19-13-2-3-14(20-10-13)9-17(23)21-6-4-12-8-15(26-16(12)11-21)18(24)22-5-1-7-25-22/h2-3,10,12,15-16H,1,4-9,11H2/t12-,15+,16+/m0/s1. The summed E-state index contributed by atoms with van der Waals surface area (Å²) in [4.78, 5) is 36.0. The number of carbonyl (C=O) groups excluding carboxylic acids is 2. The monoisotopic (exact) mass is 363 g/mol. The molecule has 2 amide bonds. The summed E-state index contributed by atoms with van der Waals surface area (Å²) < 4.78 is 18.9. The van der Waals surface area contributed by atoms with Crippen LogP contribution >= 0.6 is 0 Å². The average Bonchev–Trinajstić information content (AvgIpc) is 3.32. The normalized spacial score (nSPS) is 28.3. The van der Waals surface area contributed by atoms with Crippen LogP contribution in [0.5, 0.6) is 0 Å². The van der Waals surface area contributed by atoms with Crippen molar-refractivity contribution >= 4 is 11.8 Å². The zero-order valence-corrected chi connectivity index (χ0v) is 14.5. The molecule has 0 bridgehead atoms. The lowest BCUT2D eigenvalue weighted by Crippen LogP contribution is -2.46. The third-order valence-electron chi connectivity index (χ3n) is 5.30. The largest absolute Gasteiger partial charge is 0.363 e. The van der Waals surface area contributed by atoms with Crippen LogP contribution in [0.4, 0.5) is 4.39 Å². The fraction of sp³-hybridized carbons (Fsp3) is 0.611. The van der Waals surface area contributed by atoms with Gasteiger partial charge >= 0.3 is 0 Å². The van der Waals surface area contributed by atoms with Crippen molar-refractivity contribution in [2.45, 2.75) is 37.9 Å².